The molecule has 0 heterocycles. The zero-order valence-electron chi connectivity index (χ0n) is 13.1. The van der Waals surface area contributed by atoms with Crippen LogP contribution in [-0.2, 0) is 9.47 Å². The minimum Gasteiger partial charge on any atom is -0.385 e. The second-order valence-electron chi connectivity index (χ2n) is 4.52. The zero-order valence-corrected chi connectivity index (χ0v) is 13.9. The Hall–Kier alpha value is -1.22. The van der Waals surface area contributed by atoms with Gasteiger partial charge in [-0.05, 0) is 24.3 Å². The fourth-order valence-electron chi connectivity index (χ4n) is 2.13. The van der Waals surface area contributed by atoms with Gasteiger partial charge in [0, 0.05) is 38.8 Å². The third-order valence-electron chi connectivity index (χ3n) is 3.10. The predicted octanol–water partition coefficient (Wildman–Crippen LogP) is 3.16. The molecule has 0 fully saturated rings. The van der Waals surface area contributed by atoms with E-state index in [9.17, 15) is 5.26 Å². The molecule has 4 nitrogen and oxygen atoms in total. The van der Waals surface area contributed by atoms with Crippen molar-refractivity contribution in [3.05, 3.63) is 23.8 Å². The molecule has 0 unspecified atom stereocenters. The Labute approximate surface area is 132 Å². The Balaban J connectivity index is 2.99. The highest BCUT2D eigenvalue weighted by Gasteiger charge is 2.14. The largest absolute Gasteiger partial charge is 0.385 e. The van der Waals surface area contributed by atoms with E-state index in [0.29, 0.717) is 6.61 Å². The van der Waals surface area contributed by atoms with E-state index >= 15 is 0 Å². The molecule has 0 radical (unpaired) electrons. The van der Waals surface area contributed by atoms with Crippen molar-refractivity contribution < 1.29 is 9.47 Å². The Morgan fingerprint density at radius 3 is 2.57 bits per heavy atom. The third-order valence-corrected chi connectivity index (χ3v) is 4.04. The zero-order chi connectivity index (χ0) is 15.5. The van der Waals surface area contributed by atoms with Gasteiger partial charge in [0.05, 0.1) is 17.9 Å². The quantitative estimate of drug-likeness (QED) is 0.491. The average molecular weight is 308 g/mol. The second kappa shape index (κ2) is 10.5. The van der Waals surface area contributed by atoms with E-state index in [4.69, 9.17) is 9.47 Å². The van der Waals surface area contributed by atoms with Gasteiger partial charge in [0.25, 0.3) is 0 Å². The molecule has 0 aliphatic heterocycles. The van der Waals surface area contributed by atoms with Crippen LogP contribution in [0.1, 0.15) is 18.9 Å². The van der Waals surface area contributed by atoms with E-state index in [1.807, 2.05) is 18.2 Å². The van der Waals surface area contributed by atoms with Crippen molar-refractivity contribution in [3.63, 3.8) is 0 Å². The van der Waals surface area contributed by atoms with E-state index in [2.05, 4.69) is 17.9 Å². The molecule has 0 saturated carbocycles. The highest BCUT2D eigenvalue weighted by atomic mass is 32.2. The van der Waals surface area contributed by atoms with Gasteiger partial charge >= 0.3 is 0 Å². The fraction of sp³-hybridized carbons (Fsp3) is 0.562. The van der Waals surface area contributed by atoms with Crippen LogP contribution >= 0.6 is 11.8 Å². The lowest BCUT2D eigenvalue weighted by molar-refractivity contribution is 0.191. The summed E-state index contributed by atoms with van der Waals surface area (Å²) in [6.07, 6.45) is 0.927. The van der Waals surface area contributed by atoms with Crippen molar-refractivity contribution in [2.75, 3.05) is 51.2 Å². The molecule has 0 spiro atoms. The molecule has 5 heteroatoms. The lowest BCUT2D eigenvalue weighted by Gasteiger charge is -2.26. The van der Waals surface area contributed by atoms with Crippen molar-refractivity contribution in [1.29, 1.82) is 5.26 Å². The first-order valence-corrected chi connectivity index (χ1v) is 8.15. The molecule has 1 rings (SSSR count). The molecule has 0 aliphatic carbocycles. The maximum Gasteiger partial charge on any atom is 0.103 e. The molecule has 0 N–H and O–H groups in total. The van der Waals surface area contributed by atoms with E-state index in [0.717, 1.165) is 48.0 Å². The van der Waals surface area contributed by atoms with Crippen LogP contribution in [0.25, 0.3) is 0 Å². The summed E-state index contributed by atoms with van der Waals surface area (Å²) in [7, 11) is 3.40. The van der Waals surface area contributed by atoms with Gasteiger partial charge in [-0.25, -0.2) is 0 Å². The molecular weight excluding hydrogens is 284 g/mol. The van der Waals surface area contributed by atoms with Crippen LogP contribution in [0.2, 0.25) is 0 Å². The van der Waals surface area contributed by atoms with Gasteiger partial charge < -0.3 is 14.4 Å². The topological polar surface area (TPSA) is 45.5 Å². The number of thioether (sulfide) groups is 1. The number of ether oxygens (including phenoxy) is 2. The molecule has 1 aromatic carbocycles. The number of rotatable bonds is 10. The number of nitrogens with zero attached hydrogens (tertiary/aromatic N) is 2. The van der Waals surface area contributed by atoms with Crippen LogP contribution in [-0.4, -0.2) is 46.3 Å². The summed E-state index contributed by atoms with van der Waals surface area (Å²) < 4.78 is 10.3. The van der Waals surface area contributed by atoms with Gasteiger partial charge in [-0.15, -0.1) is 11.8 Å². The number of anilines is 1. The van der Waals surface area contributed by atoms with E-state index in [-0.39, 0.29) is 0 Å². The summed E-state index contributed by atoms with van der Waals surface area (Å²) >= 11 is 1.71. The highest BCUT2D eigenvalue weighted by molar-refractivity contribution is 7.99. The normalized spacial score (nSPS) is 10.4. The van der Waals surface area contributed by atoms with Crippen molar-refractivity contribution >= 4 is 17.4 Å². The van der Waals surface area contributed by atoms with Crippen LogP contribution < -0.4 is 4.90 Å². The summed E-state index contributed by atoms with van der Waals surface area (Å²) in [5, 5.41) is 9.53. The molecule has 0 bridgehead atoms. The SMILES string of the molecule is CCSc1cccc(N(CCCOC)CCOC)c1C#N. The van der Waals surface area contributed by atoms with E-state index < -0.39 is 0 Å². The Morgan fingerprint density at radius 2 is 1.95 bits per heavy atom. The summed E-state index contributed by atoms with van der Waals surface area (Å²) in [6.45, 7) is 5.08. The fourth-order valence-corrected chi connectivity index (χ4v) is 2.91. The number of nitriles is 1. The first-order valence-electron chi connectivity index (χ1n) is 7.17. The summed E-state index contributed by atoms with van der Waals surface area (Å²) in [5.41, 5.74) is 1.75. The summed E-state index contributed by atoms with van der Waals surface area (Å²) in [5.74, 6) is 0.958. The van der Waals surface area contributed by atoms with Gasteiger partial charge in [-0.1, -0.05) is 13.0 Å². The van der Waals surface area contributed by atoms with Crippen molar-refractivity contribution in [3.8, 4) is 6.07 Å². The van der Waals surface area contributed by atoms with Crippen LogP contribution in [0.4, 0.5) is 5.69 Å². The molecular formula is C16H24N2O2S. The molecule has 1 aromatic rings. The third kappa shape index (κ3) is 5.58. The van der Waals surface area contributed by atoms with E-state index in [1.165, 1.54) is 0 Å². The summed E-state index contributed by atoms with van der Waals surface area (Å²) in [6, 6.07) is 8.41. The first kappa shape index (κ1) is 17.8. The predicted molar refractivity (Wildman–Crippen MR) is 88.1 cm³/mol. The van der Waals surface area contributed by atoms with E-state index in [1.54, 1.807) is 26.0 Å². The van der Waals surface area contributed by atoms with Crippen LogP contribution in [0.15, 0.2) is 23.1 Å². The molecule has 0 aromatic heterocycles. The van der Waals surface area contributed by atoms with Gasteiger partial charge in [0.2, 0.25) is 0 Å². The number of hydrogen-bond acceptors (Lipinski definition) is 5. The monoisotopic (exact) mass is 308 g/mol. The molecule has 21 heavy (non-hydrogen) atoms. The lowest BCUT2D eigenvalue weighted by Crippen LogP contribution is -2.29. The van der Waals surface area contributed by atoms with Gasteiger partial charge in [0.1, 0.15) is 6.07 Å². The van der Waals surface area contributed by atoms with Gasteiger partial charge in [0.15, 0.2) is 0 Å². The number of methoxy groups -OCH3 is 2. The molecule has 0 saturated heterocycles. The van der Waals surface area contributed by atoms with Crippen LogP contribution in [0.3, 0.4) is 0 Å². The summed E-state index contributed by atoms with van der Waals surface area (Å²) in [4.78, 5) is 3.26. The minimum absolute atomic E-state index is 0.642. The molecule has 0 aliphatic rings. The Morgan fingerprint density at radius 1 is 1.19 bits per heavy atom. The maximum absolute atomic E-state index is 9.53. The van der Waals surface area contributed by atoms with Crippen LogP contribution in [0.5, 0.6) is 0 Å². The molecule has 0 amide bonds. The minimum atomic E-state index is 0.642. The smallest absolute Gasteiger partial charge is 0.103 e. The van der Waals surface area contributed by atoms with Gasteiger partial charge in [-0.2, -0.15) is 5.26 Å². The Bertz CT molecular complexity index is 460. The lowest BCUT2D eigenvalue weighted by atomic mass is 10.1. The molecule has 0 atom stereocenters. The Kier molecular flexibility index (Phi) is 8.91. The van der Waals surface area contributed by atoms with Gasteiger partial charge in [-0.3, -0.25) is 0 Å². The standard InChI is InChI=1S/C16H24N2O2S/c1-4-21-16-8-5-7-15(14(16)13-17)18(10-12-20-3)9-6-11-19-2/h5,7-8H,4,6,9-12H2,1-3H3. The van der Waals surface area contributed by atoms with Crippen molar-refractivity contribution in [2.45, 2.75) is 18.2 Å². The highest BCUT2D eigenvalue weighted by Crippen LogP contribution is 2.30. The van der Waals surface area contributed by atoms with Crippen molar-refractivity contribution in [1.82, 2.24) is 0 Å². The number of benzene rings is 1. The van der Waals surface area contributed by atoms with Crippen LogP contribution in [0, 0.1) is 11.3 Å². The first-order chi connectivity index (χ1) is 10.3. The van der Waals surface area contributed by atoms with Crippen molar-refractivity contribution in [2.24, 2.45) is 0 Å². The number of hydrogen-bond donors (Lipinski definition) is 0. The molecule has 116 valence electrons. The second-order valence-corrected chi connectivity index (χ2v) is 5.83. The average Bonchev–Trinajstić information content (AvgIpc) is 2.51. The maximum atomic E-state index is 9.53.